The molecule has 156 valence electrons. The zero-order valence-corrected chi connectivity index (χ0v) is 17.2. The third-order valence-corrected chi connectivity index (χ3v) is 4.40. The molecule has 2 N–H and O–H groups in total. The van der Waals surface area contributed by atoms with E-state index in [1.54, 1.807) is 24.3 Å². The molecule has 2 aromatic carbocycles. The zero-order chi connectivity index (χ0) is 21.7. The first-order valence-electron chi connectivity index (χ1n) is 9.69. The minimum atomic E-state index is -0.615. The maximum atomic E-state index is 12.6. The van der Waals surface area contributed by atoms with Crippen molar-refractivity contribution in [2.24, 2.45) is 0 Å². The van der Waals surface area contributed by atoms with Crippen LogP contribution in [-0.4, -0.2) is 28.2 Å². The molecule has 0 saturated carbocycles. The number of hydrogen-bond donors (Lipinski definition) is 2. The van der Waals surface area contributed by atoms with Gasteiger partial charge >= 0.3 is 0 Å². The van der Waals surface area contributed by atoms with Crippen molar-refractivity contribution in [1.82, 2.24) is 20.6 Å². The molecule has 0 saturated heterocycles. The standard InChI is InChI=1S/C22H24N4O4/c1-4-9-26-22(29)18-8-6-5-7-17(18)20(25-26)21(28)24-23-19(27)13-30-16-11-14(2)10-15(3)12-16/h5-8,10-12H,4,9,13H2,1-3H3,(H,23,27)(H,24,28). The summed E-state index contributed by atoms with van der Waals surface area (Å²) in [6.07, 6.45) is 0.693. The fourth-order valence-corrected chi connectivity index (χ4v) is 3.15. The Kier molecular flexibility index (Phi) is 6.46. The van der Waals surface area contributed by atoms with Crippen molar-refractivity contribution in [1.29, 1.82) is 0 Å². The second-order valence-electron chi connectivity index (χ2n) is 7.04. The first kappa shape index (κ1) is 21.0. The molecular formula is C22H24N4O4. The second kappa shape index (κ2) is 9.21. The van der Waals surface area contributed by atoms with Crippen LogP contribution in [0.15, 0.2) is 47.3 Å². The fourth-order valence-electron chi connectivity index (χ4n) is 3.15. The Morgan fingerprint density at radius 3 is 2.37 bits per heavy atom. The molecule has 0 unspecified atom stereocenters. The summed E-state index contributed by atoms with van der Waals surface area (Å²) in [6, 6.07) is 12.4. The number of carbonyl (C=O) groups excluding carboxylic acids is 2. The molecule has 0 aliphatic carbocycles. The Morgan fingerprint density at radius 2 is 1.70 bits per heavy atom. The predicted octanol–water partition coefficient (Wildman–Crippen LogP) is 2.26. The summed E-state index contributed by atoms with van der Waals surface area (Å²) in [5.41, 5.74) is 6.53. The average Bonchev–Trinajstić information content (AvgIpc) is 2.72. The van der Waals surface area contributed by atoms with Crippen LogP contribution in [0.5, 0.6) is 5.75 Å². The van der Waals surface area contributed by atoms with E-state index in [1.165, 1.54) is 4.68 Å². The number of nitrogens with one attached hydrogen (secondary N) is 2. The summed E-state index contributed by atoms with van der Waals surface area (Å²) in [4.78, 5) is 37.2. The Hall–Kier alpha value is -3.68. The number of ether oxygens (including phenoxy) is 1. The number of fused-ring (bicyclic) bond motifs is 1. The van der Waals surface area contributed by atoms with Gasteiger partial charge in [0, 0.05) is 11.9 Å². The first-order valence-corrected chi connectivity index (χ1v) is 9.69. The Balaban J connectivity index is 1.70. The van der Waals surface area contributed by atoms with Crippen LogP contribution in [0.4, 0.5) is 0 Å². The van der Waals surface area contributed by atoms with Crippen molar-refractivity contribution < 1.29 is 14.3 Å². The van der Waals surface area contributed by atoms with E-state index in [0.717, 1.165) is 11.1 Å². The Bertz CT molecular complexity index is 1130. The summed E-state index contributed by atoms with van der Waals surface area (Å²) in [5.74, 6) is -0.558. The molecule has 0 fully saturated rings. The van der Waals surface area contributed by atoms with E-state index in [-0.39, 0.29) is 17.9 Å². The van der Waals surface area contributed by atoms with Crippen molar-refractivity contribution >= 4 is 22.6 Å². The number of aryl methyl sites for hydroxylation is 3. The van der Waals surface area contributed by atoms with Gasteiger partial charge in [0.05, 0.1) is 5.39 Å². The summed E-state index contributed by atoms with van der Waals surface area (Å²) in [5, 5.41) is 5.01. The quantitative estimate of drug-likeness (QED) is 0.609. The number of benzene rings is 2. The minimum Gasteiger partial charge on any atom is -0.484 e. The number of rotatable bonds is 6. The number of amides is 2. The molecule has 0 bridgehead atoms. The monoisotopic (exact) mass is 408 g/mol. The highest BCUT2D eigenvalue weighted by Gasteiger charge is 2.17. The van der Waals surface area contributed by atoms with Gasteiger partial charge in [0.15, 0.2) is 12.3 Å². The number of hydrogen-bond acceptors (Lipinski definition) is 5. The van der Waals surface area contributed by atoms with E-state index in [9.17, 15) is 14.4 Å². The lowest BCUT2D eigenvalue weighted by Crippen LogP contribution is -2.44. The van der Waals surface area contributed by atoms with Gasteiger partial charge in [0.25, 0.3) is 17.4 Å². The van der Waals surface area contributed by atoms with Crippen LogP contribution in [0.1, 0.15) is 35.0 Å². The Morgan fingerprint density at radius 1 is 1.03 bits per heavy atom. The van der Waals surface area contributed by atoms with Crippen LogP contribution in [0.25, 0.3) is 10.8 Å². The van der Waals surface area contributed by atoms with Crippen molar-refractivity contribution in [2.75, 3.05) is 6.61 Å². The molecule has 2 amide bonds. The number of hydrazine groups is 1. The van der Waals surface area contributed by atoms with Crippen LogP contribution >= 0.6 is 0 Å². The summed E-state index contributed by atoms with van der Waals surface area (Å²) in [7, 11) is 0. The maximum absolute atomic E-state index is 12.6. The molecule has 8 nitrogen and oxygen atoms in total. The topological polar surface area (TPSA) is 102 Å². The molecule has 1 heterocycles. The van der Waals surface area contributed by atoms with Gasteiger partial charge < -0.3 is 4.74 Å². The van der Waals surface area contributed by atoms with Crippen molar-refractivity contribution in [3.63, 3.8) is 0 Å². The van der Waals surface area contributed by atoms with Gasteiger partial charge in [-0.2, -0.15) is 5.10 Å². The SMILES string of the molecule is CCCn1nc(C(=O)NNC(=O)COc2cc(C)cc(C)c2)c2ccccc2c1=O. The van der Waals surface area contributed by atoms with Crippen molar-refractivity contribution in [3.8, 4) is 5.75 Å². The van der Waals surface area contributed by atoms with E-state index in [0.29, 0.717) is 29.5 Å². The third-order valence-electron chi connectivity index (χ3n) is 4.40. The molecule has 8 heteroatoms. The van der Waals surface area contributed by atoms with E-state index >= 15 is 0 Å². The van der Waals surface area contributed by atoms with Crippen molar-refractivity contribution in [2.45, 2.75) is 33.7 Å². The van der Waals surface area contributed by atoms with Gasteiger partial charge in [0.1, 0.15) is 5.75 Å². The van der Waals surface area contributed by atoms with E-state index in [4.69, 9.17) is 4.74 Å². The molecule has 0 radical (unpaired) electrons. The molecule has 30 heavy (non-hydrogen) atoms. The molecule has 0 aliphatic rings. The molecule has 0 aliphatic heterocycles. The highest BCUT2D eigenvalue weighted by molar-refractivity contribution is 6.05. The van der Waals surface area contributed by atoms with Crippen LogP contribution in [-0.2, 0) is 11.3 Å². The molecule has 1 aromatic heterocycles. The summed E-state index contributed by atoms with van der Waals surface area (Å²) < 4.78 is 6.75. The predicted molar refractivity (Wildman–Crippen MR) is 113 cm³/mol. The Labute approximate surface area is 173 Å². The summed E-state index contributed by atoms with van der Waals surface area (Å²) in [6.45, 7) is 5.93. The maximum Gasteiger partial charge on any atom is 0.290 e. The second-order valence-corrected chi connectivity index (χ2v) is 7.04. The number of nitrogens with zero attached hydrogens (tertiary/aromatic N) is 2. The lowest BCUT2D eigenvalue weighted by atomic mass is 10.1. The lowest BCUT2D eigenvalue weighted by Gasteiger charge is -2.12. The van der Waals surface area contributed by atoms with Crippen molar-refractivity contribution in [3.05, 3.63) is 69.6 Å². The lowest BCUT2D eigenvalue weighted by molar-refractivity contribution is -0.123. The largest absolute Gasteiger partial charge is 0.484 e. The van der Waals surface area contributed by atoms with Gasteiger partial charge in [-0.15, -0.1) is 0 Å². The van der Waals surface area contributed by atoms with Crippen LogP contribution in [0, 0.1) is 13.8 Å². The van der Waals surface area contributed by atoms with Gasteiger partial charge in [-0.05, 0) is 49.6 Å². The van der Waals surface area contributed by atoms with E-state index in [1.807, 2.05) is 39.0 Å². The minimum absolute atomic E-state index is 0.0641. The third kappa shape index (κ3) is 4.83. The van der Waals surface area contributed by atoms with Crippen LogP contribution < -0.4 is 21.1 Å². The molecular weight excluding hydrogens is 384 g/mol. The normalized spacial score (nSPS) is 10.6. The number of aromatic nitrogens is 2. The average molecular weight is 408 g/mol. The van der Waals surface area contributed by atoms with E-state index < -0.39 is 11.8 Å². The molecule has 0 atom stereocenters. The van der Waals surface area contributed by atoms with E-state index in [2.05, 4.69) is 16.0 Å². The first-order chi connectivity index (χ1) is 14.4. The molecule has 0 spiro atoms. The van der Waals surface area contributed by atoms with Gasteiger partial charge in [-0.1, -0.05) is 31.2 Å². The zero-order valence-electron chi connectivity index (χ0n) is 17.2. The van der Waals surface area contributed by atoms with Crippen LogP contribution in [0.3, 0.4) is 0 Å². The molecule has 3 rings (SSSR count). The highest BCUT2D eigenvalue weighted by atomic mass is 16.5. The van der Waals surface area contributed by atoms with Gasteiger partial charge in [-0.25, -0.2) is 4.68 Å². The number of carbonyl (C=O) groups is 2. The molecule has 3 aromatic rings. The highest BCUT2D eigenvalue weighted by Crippen LogP contribution is 2.16. The fraction of sp³-hybridized carbons (Fsp3) is 0.273. The summed E-state index contributed by atoms with van der Waals surface area (Å²) >= 11 is 0. The van der Waals surface area contributed by atoms with Gasteiger partial charge in [0.2, 0.25) is 0 Å². The smallest absolute Gasteiger partial charge is 0.290 e. The van der Waals surface area contributed by atoms with Gasteiger partial charge in [-0.3, -0.25) is 25.2 Å². The van der Waals surface area contributed by atoms with Crippen LogP contribution in [0.2, 0.25) is 0 Å².